The van der Waals surface area contributed by atoms with Crippen LogP contribution in [0.3, 0.4) is 0 Å². The molecule has 2 aliphatic carbocycles. The van der Waals surface area contributed by atoms with Crippen molar-refractivity contribution in [2.45, 2.75) is 25.7 Å². The number of para-hydroxylation sites is 1. The molecule has 2 nitrogen and oxygen atoms in total. The zero-order valence-electron chi connectivity index (χ0n) is 23.6. The number of hydrogen-bond acceptors (Lipinski definition) is 2. The number of fused-ring (bicyclic) bond motifs is 8. The predicted octanol–water partition coefficient (Wildman–Crippen LogP) is 9.99. The van der Waals surface area contributed by atoms with Gasteiger partial charge in [-0.3, -0.25) is 0 Å². The van der Waals surface area contributed by atoms with Gasteiger partial charge in [-0.2, -0.15) is 0 Å². The average Bonchev–Trinajstić information content (AvgIpc) is 3.51. The van der Waals surface area contributed by atoms with E-state index in [0.29, 0.717) is 0 Å². The van der Waals surface area contributed by atoms with E-state index in [2.05, 4.69) is 117 Å². The van der Waals surface area contributed by atoms with Crippen molar-refractivity contribution in [1.82, 2.24) is 9.97 Å². The highest BCUT2D eigenvalue weighted by molar-refractivity contribution is 6.06. The Morgan fingerprint density at radius 2 is 1.24 bits per heavy atom. The molecule has 0 fully saturated rings. The van der Waals surface area contributed by atoms with Gasteiger partial charge < -0.3 is 0 Å². The van der Waals surface area contributed by atoms with Crippen molar-refractivity contribution in [2.24, 2.45) is 0 Å². The molecule has 1 aromatic heterocycles. The van der Waals surface area contributed by atoms with E-state index in [-0.39, 0.29) is 5.41 Å². The number of aromatic nitrogens is 2. The fourth-order valence-corrected chi connectivity index (χ4v) is 7.56. The second-order valence-electron chi connectivity index (χ2n) is 12.2. The van der Waals surface area contributed by atoms with Crippen LogP contribution >= 0.6 is 0 Å². The van der Waals surface area contributed by atoms with Crippen molar-refractivity contribution in [3.05, 3.63) is 144 Å². The van der Waals surface area contributed by atoms with Gasteiger partial charge in [0.05, 0.1) is 5.52 Å². The summed E-state index contributed by atoms with van der Waals surface area (Å²) < 4.78 is 0. The van der Waals surface area contributed by atoms with Gasteiger partial charge in [0.2, 0.25) is 0 Å². The highest BCUT2D eigenvalue weighted by Gasteiger charge is 2.39. The smallest absolute Gasteiger partial charge is 0.160 e. The summed E-state index contributed by atoms with van der Waals surface area (Å²) in [7, 11) is 0. The molecule has 0 spiro atoms. The van der Waals surface area contributed by atoms with Crippen molar-refractivity contribution in [2.75, 3.05) is 0 Å². The number of hydrogen-bond donors (Lipinski definition) is 0. The molecule has 0 amide bonds. The lowest BCUT2D eigenvalue weighted by atomic mass is 9.77. The summed E-state index contributed by atoms with van der Waals surface area (Å²) in [5.74, 6) is 0.761. The van der Waals surface area contributed by atoms with Gasteiger partial charge in [-0.1, -0.05) is 111 Å². The summed E-state index contributed by atoms with van der Waals surface area (Å²) in [6.07, 6.45) is 2.95. The van der Waals surface area contributed by atoms with E-state index in [1.54, 1.807) is 0 Å². The van der Waals surface area contributed by atoms with Crippen LogP contribution in [0.5, 0.6) is 0 Å². The summed E-state index contributed by atoms with van der Waals surface area (Å²) in [5.41, 5.74) is 15.7. The molecule has 7 aromatic rings. The molecule has 0 N–H and O–H groups in total. The highest BCUT2D eigenvalue weighted by Crippen LogP contribution is 2.55. The first-order valence-electron chi connectivity index (χ1n) is 14.7. The Labute approximate surface area is 245 Å². The van der Waals surface area contributed by atoms with Crippen LogP contribution in [0.4, 0.5) is 0 Å². The fraction of sp³-hybridized carbons (Fsp3) is 0.100. The van der Waals surface area contributed by atoms with Gasteiger partial charge in [0.15, 0.2) is 5.82 Å². The first kappa shape index (κ1) is 23.6. The Bertz CT molecular complexity index is 2260. The molecule has 0 unspecified atom stereocenters. The molecule has 42 heavy (non-hydrogen) atoms. The summed E-state index contributed by atoms with van der Waals surface area (Å²) in [6, 6.07) is 42.1. The summed E-state index contributed by atoms with van der Waals surface area (Å²) in [4.78, 5) is 9.71. The minimum Gasteiger partial charge on any atom is -0.236 e. The van der Waals surface area contributed by atoms with E-state index in [0.717, 1.165) is 28.7 Å². The largest absolute Gasteiger partial charge is 0.236 e. The molecule has 9 rings (SSSR count). The van der Waals surface area contributed by atoms with Gasteiger partial charge in [-0.05, 0) is 91.0 Å². The maximum Gasteiger partial charge on any atom is 0.160 e. The highest BCUT2D eigenvalue weighted by atomic mass is 14.9. The van der Waals surface area contributed by atoms with Gasteiger partial charge in [-0.25, -0.2) is 9.97 Å². The molecular weight excluding hydrogens is 508 g/mol. The molecule has 1 heterocycles. The van der Waals surface area contributed by atoms with Gasteiger partial charge >= 0.3 is 0 Å². The third kappa shape index (κ3) is 3.21. The Balaban J connectivity index is 1.25. The maximum atomic E-state index is 4.94. The van der Waals surface area contributed by atoms with Crippen LogP contribution in [-0.4, -0.2) is 9.97 Å². The molecular formula is C40H28N2. The maximum absolute atomic E-state index is 4.94. The Kier molecular flexibility index (Phi) is 4.76. The van der Waals surface area contributed by atoms with Crippen LogP contribution < -0.4 is 0 Å². The van der Waals surface area contributed by atoms with Crippen LogP contribution in [0.15, 0.2) is 121 Å². The molecule has 0 atom stereocenters. The van der Waals surface area contributed by atoms with Crippen molar-refractivity contribution in [3.63, 3.8) is 0 Å². The van der Waals surface area contributed by atoms with Gasteiger partial charge in [0, 0.05) is 22.6 Å². The van der Waals surface area contributed by atoms with Crippen LogP contribution in [0.1, 0.15) is 36.1 Å². The molecule has 0 bridgehead atoms. The van der Waals surface area contributed by atoms with E-state index >= 15 is 0 Å². The Hall–Kier alpha value is -5.08. The standard InChI is InChI=1S/C40H28N2/c1-40(2)36-21-26-20-24-10-3-5-12-27(24)34(26)22-35(36)32-16-9-15-31(38(32)40)30-18-19-33(29-14-7-6-13-28(29)30)39-41-23-25-11-4-8-17-37(25)42-39/h3-19,21-23H,20H2,1-2H3. The van der Waals surface area contributed by atoms with Crippen LogP contribution in [-0.2, 0) is 11.8 Å². The minimum atomic E-state index is -0.119. The van der Waals surface area contributed by atoms with Crippen LogP contribution in [0.25, 0.3) is 66.4 Å². The monoisotopic (exact) mass is 536 g/mol. The molecule has 2 heteroatoms. The third-order valence-electron chi connectivity index (χ3n) is 9.53. The van der Waals surface area contributed by atoms with Gasteiger partial charge in [-0.15, -0.1) is 0 Å². The first-order valence-corrected chi connectivity index (χ1v) is 14.7. The molecule has 0 saturated carbocycles. The lowest BCUT2D eigenvalue weighted by molar-refractivity contribution is 0.661. The lowest BCUT2D eigenvalue weighted by Crippen LogP contribution is -2.16. The Morgan fingerprint density at radius 3 is 2.12 bits per heavy atom. The zero-order chi connectivity index (χ0) is 28.0. The molecule has 0 radical (unpaired) electrons. The Morgan fingerprint density at radius 1 is 0.548 bits per heavy atom. The van der Waals surface area contributed by atoms with E-state index in [1.807, 2.05) is 18.3 Å². The van der Waals surface area contributed by atoms with E-state index in [9.17, 15) is 0 Å². The molecule has 0 aliphatic heterocycles. The molecule has 198 valence electrons. The van der Waals surface area contributed by atoms with E-state index in [1.165, 1.54) is 66.4 Å². The summed E-state index contributed by atoms with van der Waals surface area (Å²) >= 11 is 0. The predicted molar refractivity (Wildman–Crippen MR) is 174 cm³/mol. The first-order chi connectivity index (χ1) is 20.6. The van der Waals surface area contributed by atoms with Crippen molar-refractivity contribution in [3.8, 4) is 44.8 Å². The summed E-state index contributed by atoms with van der Waals surface area (Å²) in [6.45, 7) is 4.80. The second-order valence-corrected chi connectivity index (χ2v) is 12.2. The molecule has 6 aromatic carbocycles. The minimum absolute atomic E-state index is 0.119. The number of nitrogens with zero attached hydrogens (tertiary/aromatic N) is 2. The van der Waals surface area contributed by atoms with Crippen molar-refractivity contribution in [1.29, 1.82) is 0 Å². The lowest BCUT2D eigenvalue weighted by Gasteiger charge is -2.25. The quantitative estimate of drug-likeness (QED) is 0.220. The molecule has 2 aliphatic rings. The summed E-state index contributed by atoms with van der Waals surface area (Å²) in [5, 5.41) is 3.45. The zero-order valence-corrected chi connectivity index (χ0v) is 23.6. The average molecular weight is 537 g/mol. The van der Waals surface area contributed by atoms with E-state index < -0.39 is 0 Å². The van der Waals surface area contributed by atoms with Crippen LogP contribution in [0.2, 0.25) is 0 Å². The van der Waals surface area contributed by atoms with Crippen LogP contribution in [0, 0.1) is 0 Å². The SMILES string of the molecule is CC1(C)c2cc3c(cc2-c2cccc(-c4ccc(-c5ncc6ccccc6n5)c5ccccc45)c21)-c1ccccc1C3. The second kappa shape index (κ2) is 8.47. The number of benzene rings is 6. The van der Waals surface area contributed by atoms with Crippen molar-refractivity contribution >= 4 is 21.7 Å². The molecule has 0 saturated heterocycles. The van der Waals surface area contributed by atoms with Gasteiger partial charge in [0.1, 0.15) is 0 Å². The van der Waals surface area contributed by atoms with Crippen molar-refractivity contribution < 1.29 is 0 Å². The number of rotatable bonds is 2. The third-order valence-corrected chi connectivity index (χ3v) is 9.53. The van der Waals surface area contributed by atoms with E-state index in [4.69, 9.17) is 9.97 Å². The fourth-order valence-electron chi connectivity index (χ4n) is 7.56. The van der Waals surface area contributed by atoms with Gasteiger partial charge in [0.25, 0.3) is 0 Å². The topological polar surface area (TPSA) is 25.8 Å². The normalized spacial score (nSPS) is 14.0.